The van der Waals surface area contributed by atoms with Crippen LogP contribution in [0.25, 0.3) is 21.5 Å². The summed E-state index contributed by atoms with van der Waals surface area (Å²) in [6.45, 7) is 4.60. The van der Waals surface area contributed by atoms with E-state index < -0.39 is 9.04 Å². The van der Waals surface area contributed by atoms with E-state index in [0.29, 0.717) is 0 Å². The van der Waals surface area contributed by atoms with E-state index >= 15 is 0 Å². The molecule has 0 spiro atoms. The van der Waals surface area contributed by atoms with E-state index in [-0.39, 0.29) is 0 Å². The minimum atomic E-state index is -1.83. The Morgan fingerprint density at radius 1 is 0.704 bits per heavy atom. The summed E-state index contributed by atoms with van der Waals surface area (Å²) in [6.07, 6.45) is 3.98. The molecule has 134 valence electrons. The largest absolute Gasteiger partial charge is 0.411 e. The third-order valence-electron chi connectivity index (χ3n) is 5.05. The minimum absolute atomic E-state index is 0.773. The van der Waals surface area contributed by atoms with Gasteiger partial charge in [0.05, 0.1) is 0 Å². The van der Waals surface area contributed by atoms with E-state index in [9.17, 15) is 0 Å². The lowest BCUT2D eigenvalue weighted by Crippen LogP contribution is -2.46. The molecule has 0 aliphatic rings. The van der Waals surface area contributed by atoms with Crippen molar-refractivity contribution in [1.82, 2.24) is 0 Å². The Kier molecular flexibility index (Phi) is 5.47. The summed E-state index contributed by atoms with van der Waals surface area (Å²) < 4.78 is 6.62. The normalized spacial score (nSPS) is 11.3. The summed E-state index contributed by atoms with van der Waals surface area (Å²) in [7, 11) is -1.83. The molecule has 2 heteroatoms. The van der Waals surface area contributed by atoms with E-state index in [1.54, 1.807) is 0 Å². The first-order valence-electron chi connectivity index (χ1n) is 9.56. The number of hydrogen-bond acceptors (Lipinski definition) is 1. The van der Waals surface area contributed by atoms with Gasteiger partial charge < -0.3 is 4.43 Å². The second-order valence-corrected chi connectivity index (χ2v) is 9.16. The SMILES string of the molecule is C=CCCCO[SiH](c1cccc2ccccc12)c1cccc2ccccc12. The summed E-state index contributed by atoms with van der Waals surface area (Å²) >= 11 is 0. The molecular formula is C25H24OSi. The monoisotopic (exact) mass is 368 g/mol. The van der Waals surface area contributed by atoms with Gasteiger partial charge in [0.1, 0.15) is 0 Å². The molecule has 27 heavy (non-hydrogen) atoms. The van der Waals surface area contributed by atoms with Crippen molar-refractivity contribution < 1.29 is 4.43 Å². The van der Waals surface area contributed by atoms with E-state index in [4.69, 9.17) is 4.43 Å². The Hall–Kier alpha value is -2.68. The van der Waals surface area contributed by atoms with E-state index in [0.717, 1.165) is 19.4 Å². The predicted molar refractivity (Wildman–Crippen MR) is 120 cm³/mol. The topological polar surface area (TPSA) is 9.23 Å². The summed E-state index contributed by atoms with van der Waals surface area (Å²) in [4.78, 5) is 0. The fraction of sp³-hybridized carbons (Fsp3) is 0.120. The van der Waals surface area contributed by atoms with Crippen LogP contribution in [0.1, 0.15) is 12.8 Å². The Balaban J connectivity index is 1.84. The highest BCUT2D eigenvalue weighted by Crippen LogP contribution is 2.16. The minimum Gasteiger partial charge on any atom is -0.411 e. The number of allylic oxidation sites excluding steroid dienone is 1. The molecule has 1 nitrogen and oxygen atoms in total. The predicted octanol–water partition coefficient (Wildman–Crippen LogP) is 4.81. The molecule has 0 aromatic heterocycles. The molecule has 0 saturated heterocycles. The van der Waals surface area contributed by atoms with Crippen LogP contribution in [-0.4, -0.2) is 15.6 Å². The average molecular weight is 369 g/mol. The van der Waals surface area contributed by atoms with Crippen molar-refractivity contribution in [2.75, 3.05) is 6.61 Å². The molecule has 0 unspecified atom stereocenters. The van der Waals surface area contributed by atoms with Gasteiger partial charge in [-0.05, 0) is 44.8 Å². The number of benzene rings is 4. The van der Waals surface area contributed by atoms with Crippen LogP contribution in [0.15, 0.2) is 97.6 Å². The highest BCUT2D eigenvalue weighted by Gasteiger charge is 2.22. The van der Waals surface area contributed by atoms with Gasteiger partial charge in [0.25, 0.3) is 0 Å². The van der Waals surface area contributed by atoms with Crippen molar-refractivity contribution in [3.63, 3.8) is 0 Å². The van der Waals surface area contributed by atoms with Gasteiger partial charge in [-0.25, -0.2) is 0 Å². The highest BCUT2D eigenvalue weighted by molar-refractivity contribution is 6.83. The van der Waals surface area contributed by atoms with Crippen molar-refractivity contribution in [2.24, 2.45) is 0 Å². The van der Waals surface area contributed by atoms with Crippen molar-refractivity contribution in [1.29, 1.82) is 0 Å². The van der Waals surface area contributed by atoms with Crippen LogP contribution in [0.3, 0.4) is 0 Å². The zero-order valence-electron chi connectivity index (χ0n) is 15.5. The number of unbranched alkanes of at least 4 members (excludes halogenated alkanes) is 1. The fourth-order valence-corrected chi connectivity index (χ4v) is 6.49. The van der Waals surface area contributed by atoms with Crippen LogP contribution < -0.4 is 10.4 Å². The second kappa shape index (κ2) is 8.34. The Bertz CT molecular complexity index is 980. The van der Waals surface area contributed by atoms with Gasteiger partial charge in [0.2, 0.25) is 9.04 Å². The van der Waals surface area contributed by atoms with Gasteiger partial charge in [0.15, 0.2) is 0 Å². The van der Waals surface area contributed by atoms with Gasteiger partial charge in [-0.1, -0.05) is 91.0 Å². The fourth-order valence-electron chi connectivity index (χ4n) is 3.73. The van der Waals surface area contributed by atoms with Gasteiger partial charge in [0, 0.05) is 6.61 Å². The molecule has 0 heterocycles. The molecule has 0 fully saturated rings. The molecule has 0 saturated carbocycles. The molecule has 0 bridgehead atoms. The van der Waals surface area contributed by atoms with Crippen molar-refractivity contribution in [3.8, 4) is 0 Å². The quantitative estimate of drug-likeness (QED) is 0.258. The van der Waals surface area contributed by atoms with Crippen LogP contribution in [-0.2, 0) is 4.43 Å². The lowest BCUT2D eigenvalue weighted by molar-refractivity contribution is 0.327. The molecule has 0 N–H and O–H groups in total. The lowest BCUT2D eigenvalue weighted by atomic mass is 10.1. The van der Waals surface area contributed by atoms with Crippen LogP contribution in [0.2, 0.25) is 0 Å². The van der Waals surface area contributed by atoms with E-state index in [1.165, 1.54) is 31.9 Å². The average Bonchev–Trinajstić information content (AvgIpc) is 2.73. The Morgan fingerprint density at radius 3 is 1.78 bits per heavy atom. The van der Waals surface area contributed by atoms with Crippen LogP contribution >= 0.6 is 0 Å². The maximum Gasteiger partial charge on any atom is 0.241 e. The molecule has 0 amide bonds. The maximum absolute atomic E-state index is 6.62. The summed E-state index contributed by atoms with van der Waals surface area (Å²) in [5, 5.41) is 7.91. The molecule has 0 radical (unpaired) electrons. The van der Waals surface area contributed by atoms with Crippen LogP contribution in [0.4, 0.5) is 0 Å². The number of rotatable bonds is 7. The molecule has 0 atom stereocenters. The van der Waals surface area contributed by atoms with E-state index in [2.05, 4.69) is 91.5 Å². The van der Waals surface area contributed by atoms with Crippen molar-refractivity contribution >= 4 is 41.0 Å². The third kappa shape index (κ3) is 3.73. The summed E-state index contributed by atoms with van der Waals surface area (Å²) in [5.74, 6) is 0. The van der Waals surface area contributed by atoms with E-state index in [1.807, 2.05) is 6.08 Å². The molecule has 4 rings (SSSR count). The second-order valence-electron chi connectivity index (χ2n) is 6.82. The summed E-state index contributed by atoms with van der Waals surface area (Å²) in [6, 6.07) is 30.5. The molecule has 0 aliphatic carbocycles. The first-order valence-corrected chi connectivity index (χ1v) is 11.2. The van der Waals surface area contributed by atoms with Crippen LogP contribution in [0, 0.1) is 0 Å². The first kappa shape index (κ1) is 17.7. The first-order chi connectivity index (χ1) is 13.4. The molecule has 0 aliphatic heterocycles. The number of fused-ring (bicyclic) bond motifs is 2. The van der Waals surface area contributed by atoms with Crippen molar-refractivity contribution in [3.05, 3.63) is 97.6 Å². The lowest BCUT2D eigenvalue weighted by Gasteiger charge is -2.21. The number of hydrogen-bond donors (Lipinski definition) is 0. The smallest absolute Gasteiger partial charge is 0.241 e. The zero-order chi connectivity index (χ0) is 18.5. The third-order valence-corrected chi connectivity index (χ3v) is 7.75. The standard InChI is InChI=1S/C25H24OSi/c1-2-3-8-19-26-27(24-17-9-13-20-11-4-6-15-22(20)24)25-18-10-14-21-12-5-7-16-23(21)25/h2,4-7,9-18,27H,1,3,8,19H2. The molecular weight excluding hydrogens is 344 g/mol. The van der Waals surface area contributed by atoms with Gasteiger partial charge >= 0.3 is 0 Å². The van der Waals surface area contributed by atoms with Gasteiger partial charge in [-0.2, -0.15) is 0 Å². The van der Waals surface area contributed by atoms with Gasteiger partial charge in [-0.15, -0.1) is 6.58 Å². The Morgan fingerprint density at radius 2 is 1.22 bits per heavy atom. The molecule has 4 aromatic carbocycles. The Labute approximate surface area is 162 Å². The maximum atomic E-state index is 6.62. The van der Waals surface area contributed by atoms with Crippen LogP contribution in [0.5, 0.6) is 0 Å². The highest BCUT2D eigenvalue weighted by atomic mass is 28.3. The van der Waals surface area contributed by atoms with Gasteiger partial charge in [-0.3, -0.25) is 0 Å². The summed E-state index contributed by atoms with van der Waals surface area (Å²) in [5.41, 5.74) is 0. The molecule has 4 aromatic rings. The zero-order valence-corrected chi connectivity index (χ0v) is 16.6. The van der Waals surface area contributed by atoms with Crippen molar-refractivity contribution in [2.45, 2.75) is 12.8 Å².